The zero-order chi connectivity index (χ0) is 13.8. The molecule has 1 heterocycles. The summed E-state index contributed by atoms with van der Waals surface area (Å²) in [6.45, 7) is 0. The lowest BCUT2D eigenvalue weighted by Gasteiger charge is -2.15. The van der Waals surface area contributed by atoms with E-state index in [9.17, 15) is 0 Å². The Bertz CT molecular complexity index is 539. The van der Waals surface area contributed by atoms with Gasteiger partial charge in [-0.15, -0.1) is 11.3 Å². The summed E-state index contributed by atoms with van der Waals surface area (Å²) in [7, 11) is 3.65. The Hall–Kier alpha value is -0.550. The second-order valence-electron chi connectivity index (χ2n) is 4.17. The third-order valence-corrected chi connectivity index (χ3v) is 5.52. The maximum atomic E-state index is 6.10. The molecule has 2 rings (SSSR count). The van der Waals surface area contributed by atoms with Gasteiger partial charge >= 0.3 is 0 Å². The van der Waals surface area contributed by atoms with Crippen LogP contribution in [0.2, 0.25) is 4.34 Å². The summed E-state index contributed by atoms with van der Waals surface area (Å²) in [5.41, 5.74) is 1.24. The van der Waals surface area contributed by atoms with Crippen LogP contribution in [-0.2, 0) is 6.42 Å². The Morgan fingerprint density at radius 2 is 2.21 bits per heavy atom. The second-order valence-corrected chi connectivity index (χ2v) is 6.71. The lowest BCUT2D eigenvalue weighted by molar-refractivity contribution is 0.414. The highest BCUT2D eigenvalue weighted by atomic mass is 79.9. The number of likely N-dealkylation sites (N-methyl/N-ethyl adjacent to an activating group) is 1. The van der Waals surface area contributed by atoms with Crippen molar-refractivity contribution < 1.29 is 4.74 Å². The van der Waals surface area contributed by atoms with Crippen molar-refractivity contribution in [2.45, 2.75) is 12.5 Å². The average molecular weight is 361 g/mol. The number of methoxy groups -OCH3 is 1. The van der Waals surface area contributed by atoms with Gasteiger partial charge in [0, 0.05) is 15.4 Å². The van der Waals surface area contributed by atoms with Crippen LogP contribution in [0.4, 0.5) is 0 Å². The second kappa shape index (κ2) is 6.75. The van der Waals surface area contributed by atoms with Gasteiger partial charge in [0.15, 0.2) is 0 Å². The largest absolute Gasteiger partial charge is 0.497 e. The van der Waals surface area contributed by atoms with E-state index in [-0.39, 0.29) is 6.04 Å². The van der Waals surface area contributed by atoms with E-state index in [2.05, 4.69) is 39.4 Å². The van der Waals surface area contributed by atoms with Crippen LogP contribution in [0, 0.1) is 0 Å². The quantitative estimate of drug-likeness (QED) is 0.836. The van der Waals surface area contributed by atoms with Gasteiger partial charge in [0.2, 0.25) is 0 Å². The molecule has 102 valence electrons. The molecule has 1 N–H and O–H groups in total. The number of hydrogen-bond acceptors (Lipinski definition) is 3. The highest BCUT2D eigenvalue weighted by Gasteiger charge is 2.15. The third kappa shape index (κ3) is 3.72. The van der Waals surface area contributed by atoms with E-state index in [0.29, 0.717) is 0 Å². The highest BCUT2D eigenvalue weighted by Crippen LogP contribution is 2.36. The summed E-state index contributed by atoms with van der Waals surface area (Å²) in [4.78, 5) is 1.22. The predicted octanol–water partition coefficient (Wildman–Crippen LogP) is 4.68. The van der Waals surface area contributed by atoms with E-state index in [4.69, 9.17) is 16.3 Å². The van der Waals surface area contributed by atoms with Crippen molar-refractivity contribution in [3.8, 4) is 5.75 Å². The number of halogens is 2. The topological polar surface area (TPSA) is 21.3 Å². The molecule has 0 aliphatic rings. The molecule has 0 saturated heterocycles. The minimum absolute atomic E-state index is 0.251. The first-order valence-electron chi connectivity index (χ1n) is 5.89. The molecule has 0 amide bonds. The van der Waals surface area contributed by atoms with E-state index in [1.807, 2.05) is 19.2 Å². The Kier molecular flexibility index (Phi) is 5.28. The van der Waals surface area contributed by atoms with Crippen molar-refractivity contribution in [1.29, 1.82) is 0 Å². The summed E-state index contributed by atoms with van der Waals surface area (Å²) in [5, 5.41) is 3.33. The summed E-state index contributed by atoms with van der Waals surface area (Å²) in [6, 6.07) is 10.5. The van der Waals surface area contributed by atoms with Crippen LogP contribution in [0.25, 0.3) is 0 Å². The molecule has 1 aromatic heterocycles. The number of rotatable bonds is 5. The number of hydrogen-bond donors (Lipinski definition) is 1. The molecular formula is C14H15BrClNOS. The van der Waals surface area contributed by atoms with Crippen molar-refractivity contribution in [2.75, 3.05) is 14.2 Å². The average Bonchev–Trinajstić information content (AvgIpc) is 2.76. The van der Waals surface area contributed by atoms with E-state index in [0.717, 1.165) is 21.0 Å². The molecular weight excluding hydrogens is 346 g/mol. The number of ether oxygens (including phenoxy) is 1. The smallest absolute Gasteiger partial charge is 0.119 e. The molecule has 2 nitrogen and oxygen atoms in total. The maximum absolute atomic E-state index is 6.10. The normalized spacial score (nSPS) is 12.4. The third-order valence-electron chi connectivity index (χ3n) is 2.93. The van der Waals surface area contributed by atoms with Gasteiger partial charge in [-0.1, -0.05) is 23.7 Å². The fourth-order valence-corrected chi connectivity index (χ4v) is 3.76. The van der Waals surface area contributed by atoms with E-state index >= 15 is 0 Å². The summed E-state index contributed by atoms with van der Waals surface area (Å²) < 4.78 is 7.00. The standard InChI is InChI=1S/C14H15BrClNOS/c1-17-12(13-8-11(15)14(16)19-13)7-9-4-3-5-10(6-9)18-2/h3-6,8,12,17H,7H2,1-2H3. The molecule has 1 atom stereocenters. The zero-order valence-electron chi connectivity index (χ0n) is 10.7. The highest BCUT2D eigenvalue weighted by molar-refractivity contribution is 9.10. The molecule has 19 heavy (non-hydrogen) atoms. The molecule has 0 fully saturated rings. The first-order chi connectivity index (χ1) is 9.13. The van der Waals surface area contributed by atoms with Crippen LogP contribution in [0.15, 0.2) is 34.8 Å². The van der Waals surface area contributed by atoms with Crippen molar-refractivity contribution in [1.82, 2.24) is 5.32 Å². The molecule has 5 heteroatoms. The molecule has 0 aliphatic heterocycles. The molecule has 1 aromatic carbocycles. The fourth-order valence-electron chi connectivity index (χ4n) is 1.92. The molecule has 0 bridgehead atoms. The van der Waals surface area contributed by atoms with Crippen LogP contribution in [0.5, 0.6) is 5.75 Å². The fraction of sp³-hybridized carbons (Fsp3) is 0.286. The molecule has 2 aromatic rings. The van der Waals surface area contributed by atoms with Crippen LogP contribution in [0.3, 0.4) is 0 Å². The summed E-state index contributed by atoms with van der Waals surface area (Å²) in [5.74, 6) is 0.887. The SMILES string of the molecule is CNC(Cc1cccc(OC)c1)c1cc(Br)c(Cl)s1. The van der Waals surface area contributed by atoms with Gasteiger partial charge in [-0.25, -0.2) is 0 Å². The minimum Gasteiger partial charge on any atom is -0.497 e. The molecule has 0 aliphatic carbocycles. The summed E-state index contributed by atoms with van der Waals surface area (Å²) in [6.07, 6.45) is 0.900. The van der Waals surface area contributed by atoms with Crippen molar-refractivity contribution in [3.05, 3.63) is 49.6 Å². The lowest BCUT2D eigenvalue weighted by atomic mass is 10.0. The lowest BCUT2D eigenvalue weighted by Crippen LogP contribution is -2.17. The van der Waals surface area contributed by atoms with E-state index in [1.165, 1.54) is 10.4 Å². The van der Waals surface area contributed by atoms with Crippen LogP contribution in [-0.4, -0.2) is 14.2 Å². The van der Waals surface area contributed by atoms with Crippen molar-refractivity contribution in [2.24, 2.45) is 0 Å². The Morgan fingerprint density at radius 3 is 2.79 bits per heavy atom. The van der Waals surface area contributed by atoms with Gasteiger partial charge in [-0.2, -0.15) is 0 Å². The van der Waals surface area contributed by atoms with Crippen LogP contribution >= 0.6 is 38.9 Å². The first-order valence-corrected chi connectivity index (χ1v) is 7.87. The Balaban J connectivity index is 2.18. The van der Waals surface area contributed by atoms with E-state index < -0.39 is 0 Å². The first kappa shape index (κ1) is 14.9. The number of nitrogens with one attached hydrogen (secondary N) is 1. The van der Waals surface area contributed by atoms with Gasteiger partial charge in [-0.05, 0) is 53.2 Å². The zero-order valence-corrected chi connectivity index (χ0v) is 13.9. The Labute approximate surface area is 130 Å². The van der Waals surface area contributed by atoms with Gasteiger partial charge in [-0.3, -0.25) is 0 Å². The minimum atomic E-state index is 0.251. The molecule has 0 spiro atoms. The van der Waals surface area contributed by atoms with Gasteiger partial charge in [0.1, 0.15) is 10.1 Å². The van der Waals surface area contributed by atoms with Crippen LogP contribution in [0.1, 0.15) is 16.5 Å². The predicted molar refractivity (Wildman–Crippen MR) is 85.5 cm³/mol. The summed E-state index contributed by atoms with van der Waals surface area (Å²) >= 11 is 11.2. The van der Waals surface area contributed by atoms with Crippen molar-refractivity contribution >= 4 is 38.9 Å². The van der Waals surface area contributed by atoms with Gasteiger partial charge in [0.05, 0.1) is 7.11 Å². The number of thiophene rings is 1. The molecule has 1 unspecified atom stereocenters. The van der Waals surface area contributed by atoms with Gasteiger partial charge in [0.25, 0.3) is 0 Å². The van der Waals surface area contributed by atoms with Crippen LogP contribution < -0.4 is 10.1 Å². The van der Waals surface area contributed by atoms with Crippen molar-refractivity contribution in [3.63, 3.8) is 0 Å². The Morgan fingerprint density at radius 1 is 1.42 bits per heavy atom. The van der Waals surface area contributed by atoms with E-state index in [1.54, 1.807) is 18.4 Å². The molecule has 0 saturated carbocycles. The number of benzene rings is 1. The molecule has 0 radical (unpaired) electrons. The maximum Gasteiger partial charge on any atom is 0.119 e. The monoisotopic (exact) mass is 359 g/mol. The van der Waals surface area contributed by atoms with Gasteiger partial charge < -0.3 is 10.1 Å².